The number of benzene rings is 1. The van der Waals surface area contributed by atoms with E-state index < -0.39 is 17.0 Å². The molecule has 4 aliphatic carbocycles. The second kappa shape index (κ2) is 10.0. The van der Waals surface area contributed by atoms with Crippen LogP contribution in [0.5, 0.6) is 0 Å². The van der Waals surface area contributed by atoms with Gasteiger partial charge in [-0.3, -0.25) is 9.59 Å². The van der Waals surface area contributed by atoms with E-state index in [2.05, 4.69) is 47.9 Å². The predicted octanol–water partition coefficient (Wildman–Crippen LogP) is 6.10. The van der Waals surface area contributed by atoms with Crippen molar-refractivity contribution >= 4 is 17.3 Å². The molecule has 1 aliphatic heterocycles. The molecule has 1 N–H and O–H groups in total. The van der Waals surface area contributed by atoms with Gasteiger partial charge in [-0.1, -0.05) is 43.4 Å². The van der Waals surface area contributed by atoms with Crippen LogP contribution in [0.15, 0.2) is 47.1 Å². The minimum absolute atomic E-state index is 0.0184. The number of Topliss-reactive ketones (excluding diaryl/α,β-unsaturated/α-hetero) is 1. The number of hydrogen-bond acceptors (Lipinski definition) is 4. The van der Waals surface area contributed by atoms with Gasteiger partial charge in [-0.2, -0.15) is 0 Å². The van der Waals surface area contributed by atoms with Gasteiger partial charge in [0, 0.05) is 37.5 Å². The van der Waals surface area contributed by atoms with Crippen LogP contribution in [0.3, 0.4) is 0 Å². The van der Waals surface area contributed by atoms with Crippen LogP contribution >= 0.6 is 0 Å². The highest BCUT2D eigenvalue weighted by atomic mass is 19.1. The Morgan fingerprint density at radius 2 is 1.92 bits per heavy atom. The summed E-state index contributed by atoms with van der Waals surface area (Å²) < 4.78 is 15.8. The van der Waals surface area contributed by atoms with Crippen molar-refractivity contribution in [2.24, 2.45) is 22.7 Å². The van der Waals surface area contributed by atoms with E-state index in [0.717, 1.165) is 31.5 Å². The number of halogens is 1. The van der Waals surface area contributed by atoms with Gasteiger partial charge in [0.15, 0.2) is 11.6 Å². The number of nitrogens with zero attached hydrogens (tertiary/aromatic N) is 1. The summed E-state index contributed by atoms with van der Waals surface area (Å²) >= 11 is 0. The third-order valence-corrected chi connectivity index (χ3v) is 10.9. The van der Waals surface area contributed by atoms with Gasteiger partial charge in [-0.15, -0.1) is 0 Å². The fourth-order valence-corrected chi connectivity index (χ4v) is 9.08. The smallest absolute Gasteiger partial charge is 0.156 e. The van der Waals surface area contributed by atoms with Crippen molar-refractivity contribution in [2.75, 3.05) is 24.6 Å². The molecule has 3 fully saturated rings. The third-order valence-electron chi connectivity index (χ3n) is 10.9. The van der Waals surface area contributed by atoms with E-state index in [1.807, 2.05) is 6.92 Å². The van der Waals surface area contributed by atoms with Crippen LogP contribution in [-0.4, -0.2) is 42.5 Å². The Balaban J connectivity index is 1.51. The summed E-state index contributed by atoms with van der Waals surface area (Å²) in [6.45, 7) is 6.03. The number of allylic oxidation sites excluding steroid dienone is 4. The van der Waals surface area contributed by atoms with Crippen LogP contribution in [0.1, 0.15) is 83.1 Å². The highest BCUT2D eigenvalue weighted by Gasteiger charge is 2.65. The van der Waals surface area contributed by atoms with Crippen molar-refractivity contribution in [3.05, 3.63) is 52.6 Å². The third kappa shape index (κ3) is 4.05. The van der Waals surface area contributed by atoms with Gasteiger partial charge in [0.2, 0.25) is 0 Å². The Kier molecular flexibility index (Phi) is 6.82. The van der Waals surface area contributed by atoms with Crippen molar-refractivity contribution in [2.45, 2.75) is 83.7 Å². The van der Waals surface area contributed by atoms with Gasteiger partial charge in [-0.05, 0) is 97.1 Å². The number of ketones is 2. The number of hydrogen-bond donors (Lipinski definition) is 1. The molecule has 1 aromatic rings. The molecule has 0 spiro atoms. The number of carbonyl (C=O) groups excluding carboxylic acids is 2. The van der Waals surface area contributed by atoms with Crippen LogP contribution in [-0.2, 0) is 9.59 Å². The maximum atomic E-state index is 15.8. The molecule has 39 heavy (non-hydrogen) atoms. The maximum absolute atomic E-state index is 15.8. The molecule has 1 saturated heterocycles. The molecule has 0 radical (unpaired) electrons. The number of anilines is 1. The second-order valence-electron chi connectivity index (χ2n) is 12.6. The summed E-state index contributed by atoms with van der Waals surface area (Å²) in [5.74, 6) is 6.54. The average molecular weight is 530 g/mol. The summed E-state index contributed by atoms with van der Waals surface area (Å²) in [7, 11) is 0. The highest BCUT2D eigenvalue weighted by molar-refractivity contribution is 5.93. The number of aliphatic hydroxyl groups excluding tert-OH is 1. The Morgan fingerprint density at radius 1 is 1.18 bits per heavy atom. The van der Waals surface area contributed by atoms with Gasteiger partial charge >= 0.3 is 0 Å². The van der Waals surface area contributed by atoms with E-state index >= 15 is 4.39 Å². The molecular weight excluding hydrogens is 489 g/mol. The van der Waals surface area contributed by atoms with Gasteiger partial charge in [0.05, 0.1) is 5.41 Å². The normalized spacial score (nSPS) is 35.5. The Hall–Kier alpha value is -2.71. The minimum atomic E-state index is -1.15. The van der Waals surface area contributed by atoms with E-state index in [-0.39, 0.29) is 35.9 Å². The molecule has 0 aromatic heterocycles. The molecule has 6 rings (SSSR count). The molecule has 5 heteroatoms. The number of rotatable bonds is 4. The SMILES string of the molecule is CCC(=O)[C@@]1(C#CCO)CC[C@H]2[C@@H]3CC(F)C4=CC(=O)CCC4=C3[C@@H](c3ccc(N4CCCC4)cc3)C[C@@]21C. The van der Waals surface area contributed by atoms with E-state index in [1.165, 1.54) is 29.7 Å². The van der Waals surface area contributed by atoms with E-state index in [0.29, 0.717) is 37.7 Å². The number of aliphatic hydroxyl groups is 1. The summed E-state index contributed by atoms with van der Waals surface area (Å²) in [6, 6.07) is 8.93. The molecule has 1 unspecified atom stereocenters. The summed E-state index contributed by atoms with van der Waals surface area (Å²) in [4.78, 5) is 28.5. The van der Waals surface area contributed by atoms with Crippen molar-refractivity contribution in [3.63, 3.8) is 0 Å². The topological polar surface area (TPSA) is 57.6 Å². The summed E-state index contributed by atoms with van der Waals surface area (Å²) in [6.07, 6.45) is 6.92. The van der Waals surface area contributed by atoms with Crippen LogP contribution in [0.2, 0.25) is 0 Å². The zero-order valence-electron chi connectivity index (χ0n) is 23.3. The first kappa shape index (κ1) is 26.5. The first-order valence-electron chi connectivity index (χ1n) is 14.9. The quantitative estimate of drug-likeness (QED) is 0.479. The molecule has 0 amide bonds. The van der Waals surface area contributed by atoms with Crippen LogP contribution in [0.25, 0.3) is 0 Å². The lowest BCUT2D eigenvalue weighted by Gasteiger charge is -2.55. The van der Waals surface area contributed by atoms with Crippen molar-refractivity contribution in [1.29, 1.82) is 0 Å². The Bertz CT molecular complexity index is 1290. The lowest BCUT2D eigenvalue weighted by Crippen LogP contribution is -2.51. The standard InChI is InChI=1S/C34H40FNO3/c1-3-31(39)34(14-6-18-37)15-13-29-27-20-30(35)26-19-24(38)11-12-25(26)32(27)28(21-33(29,34)2)22-7-9-23(10-8-22)36-16-4-5-17-36/h7-10,19,27-30,37H,3-5,11-13,15-18,20-21H2,1-2H3/t27-,28+,29-,30?,33-,34+/m0/s1. The Labute approximate surface area is 231 Å². The Morgan fingerprint density at radius 3 is 2.62 bits per heavy atom. The fourth-order valence-electron chi connectivity index (χ4n) is 9.08. The van der Waals surface area contributed by atoms with Gasteiger partial charge < -0.3 is 10.0 Å². The molecule has 1 heterocycles. The average Bonchev–Trinajstić information content (AvgIpc) is 3.58. The van der Waals surface area contributed by atoms with Crippen LogP contribution in [0, 0.1) is 34.5 Å². The van der Waals surface area contributed by atoms with Crippen molar-refractivity contribution < 1.29 is 19.1 Å². The van der Waals surface area contributed by atoms with Crippen LogP contribution < -0.4 is 4.90 Å². The van der Waals surface area contributed by atoms with E-state index in [1.54, 1.807) is 6.08 Å². The lowest BCUT2D eigenvalue weighted by atomic mass is 9.48. The molecule has 6 atom stereocenters. The van der Waals surface area contributed by atoms with E-state index in [9.17, 15) is 14.7 Å². The first-order valence-corrected chi connectivity index (χ1v) is 14.9. The fraction of sp³-hybridized carbons (Fsp3) is 0.588. The molecule has 206 valence electrons. The first-order chi connectivity index (χ1) is 18.8. The maximum Gasteiger partial charge on any atom is 0.156 e. The highest BCUT2D eigenvalue weighted by Crippen LogP contribution is 2.70. The predicted molar refractivity (Wildman–Crippen MR) is 151 cm³/mol. The van der Waals surface area contributed by atoms with Gasteiger partial charge in [-0.25, -0.2) is 4.39 Å². The van der Waals surface area contributed by atoms with Crippen molar-refractivity contribution in [3.8, 4) is 11.8 Å². The van der Waals surface area contributed by atoms with Crippen molar-refractivity contribution in [1.82, 2.24) is 0 Å². The zero-order chi connectivity index (χ0) is 27.4. The molecular formula is C34H40FNO3. The number of carbonyl (C=O) groups is 2. The molecule has 2 saturated carbocycles. The number of fused-ring (bicyclic) bond motifs is 4. The lowest BCUT2D eigenvalue weighted by molar-refractivity contribution is -0.132. The van der Waals surface area contributed by atoms with Gasteiger partial charge in [0.1, 0.15) is 12.8 Å². The molecule has 4 nitrogen and oxygen atoms in total. The van der Waals surface area contributed by atoms with E-state index in [4.69, 9.17) is 0 Å². The van der Waals surface area contributed by atoms with Crippen LogP contribution in [0.4, 0.5) is 10.1 Å². The second-order valence-corrected chi connectivity index (χ2v) is 12.6. The minimum Gasteiger partial charge on any atom is -0.384 e. The molecule has 1 aromatic carbocycles. The molecule has 5 aliphatic rings. The molecule has 0 bridgehead atoms. The summed E-state index contributed by atoms with van der Waals surface area (Å²) in [5.41, 5.74) is 4.17. The number of alkyl halides is 1. The summed E-state index contributed by atoms with van der Waals surface area (Å²) in [5, 5.41) is 9.61. The monoisotopic (exact) mass is 529 g/mol. The largest absolute Gasteiger partial charge is 0.384 e. The zero-order valence-corrected chi connectivity index (χ0v) is 23.3. The van der Waals surface area contributed by atoms with Gasteiger partial charge in [0.25, 0.3) is 0 Å².